The van der Waals surface area contributed by atoms with Crippen molar-refractivity contribution in [3.63, 3.8) is 0 Å². The van der Waals surface area contributed by atoms with E-state index in [9.17, 15) is 9.59 Å². The Morgan fingerprint density at radius 2 is 1.87 bits per heavy atom. The van der Waals surface area contributed by atoms with Crippen molar-refractivity contribution >= 4 is 5.91 Å². The van der Waals surface area contributed by atoms with Gasteiger partial charge in [-0.2, -0.15) is 0 Å². The topological polar surface area (TPSA) is 71.2 Å². The standard InChI is InChI=1S/C18H22N2O3/c1-11(2)23-15-7-5-14(6-8-15)17(21)19-10-16-12(3)9-13(4)20-18(16)22/h5-9,11H,10H2,1-4H3,(H,19,21)(H,20,22). The molecule has 5 nitrogen and oxygen atoms in total. The molecule has 0 atom stereocenters. The molecule has 2 rings (SSSR count). The van der Waals surface area contributed by atoms with E-state index in [1.807, 2.05) is 33.8 Å². The predicted octanol–water partition coefficient (Wildman–Crippen LogP) is 2.71. The van der Waals surface area contributed by atoms with Gasteiger partial charge in [0, 0.05) is 23.4 Å². The van der Waals surface area contributed by atoms with Gasteiger partial charge in [-0.15, -0.1) is 0 Å². The van der Waals surface area contributed by atoms with E-state index in [0.29, 0.717) is 11.1 Å². The summed E-state index contributed by atoms with van der Waals surface area (Å²) in [5.41, 5.74) is 2.62. The van der Waals surface area contributed by atoms with Crippen molar-refractivity contribution in [2.75, 3.05) is 0 Å². The lowest BCUT2D eigenvalue weighted by Crippen LogP contribution is -2.27. The molecule has 0 aliphatic heterocycles. The first-order valence-corrected chi connectivity index (χ1v) is 7.61. The monoisotopic (exact) mass is 314 g/mol. The Morgan fingerprint density at radius 1 is 1.22 bits per heavy atom. The van der Waals surface area contributed by atoms with Crippen LogP contribution in [0.25, 0.3) is 0 Å². The van der Waals surface area contributed by atoms with Gasteiger partial charge in [0.25, 0.3) is 11.5 Å². The molecule has 1 heterocycles. The van der Waals surface area contributed by atoms with Gasteiger partial charge in [-0.3, -0.25) is 9.59 Å². The van der Waals surface area contributed by atoms with E-state index >= 15 is 0 Å². The maximum Gasteiger partial charge on any atom is 0.253 e. The van der Waals surface area contributed by atoms with Crippen molar-refractivity contribution in [1.82, 2.24) is 10.3 Å². The average molecular weight is 314 g/mol. The number of aromatic amines is 1. The van der Waals surface area contributed by atoms with Crippen LogP contribution in [0, 0.1) is 13.8 Å². The summed E-state index contributed by atoms with van der Waals surface area (Å²) in [6, 6.07) is 8.83. The Bertz CT molecular complexity index is 746. The van der Waals surface area contributed by atoms with E-state index < -0.39 is 0 Å². The number of rotatable bonds is 5. The summed E-state index contributed by atoms with van der Waals surface area (Å²) in [5.74, 6) is 0.503. The fraction of sp³-hybridized carbons (Fsp3) is 0.333. The molecule has 0 unspecified atom stereocenters. The first-order valence-electron chi connectivity index (χ1n) is 7.61. The Kier molecular flexibility index (Phi) is 5.21. The Hall–Kier alpha value is -2.56. The number of pyridine rings is 1. The molecule has 0 saturated heterocycles. The zero-order valence-electron chi connectivity index (χ0n) is 13.9. The van der Waals surface area contributed by atoms with E-state index in [4.69, 9.17) is 4.74 Å². The predicted molar refractivity (Wildman–Crippen MR) is 89.9 cm³/mol. The minimum atomic E-state index is -0.222. The van der Waals surface area contributed by atoms with Crippen LogP contribution in [0.3, 0.4) is 0 Å². The van der Waals surface area contributed by atoms with Crippen LogP contribution >= 0.6 is 0 Å². The van der Waals surface area contributed by atoms with Crippen molar-refractivity contribution in [2.45, 2.75) is 40.3 Å². The molecular formula is C18H22N2O3. The number of carbonyl (C=O) groups excluding carboxylic acids is 1. The fourth-order valence-corrected chi connectivity index (χ4v) is 2.33. The average Bonchev–Trinajstić information content (AvgIpc) is 2.46. The number of nitrogens with one attached hydrogen (secondary N) is 2. The van der Waals surface area contributed by atoms with Crippen LogP contribution in [-0.2, 0) is 6.54 Å². The third kappa shape index (κ3) is 4.45. The zero-order chi connectivity index (χ0) is 17.0. The highest BCUT2D eigenvalue weighted by Gasteiger charge is 2.09. The van der Waals surface area contributed by atoms with E-state index in [2.05, 4.69) is 10.3 Å². The number of H-pyrrole nitrogens is 1. The van der Waals surface area contributed by atoms with Gasteiger partial charge >= 0.3 is 0 Å². The number of carbonyl (C=O) groups is 1. The molecule has 1 amide bonds. The van der Waals surface area contributed by atoms with E-state index in [-0.39, 0.29) is 24.1 Å². The van der Waals surface area contributed by atoms with Crippen molar-refractivity contribution < 1.29 is 9.53 Å². The summed E-state index contributed by atoms with van der Waals surface area (Å²) in [5, 5.41) is 2.78. The molecule has 1 aromatic heterocycles. The third-order valence-electron chi connectivity index (χ3n) is 3.41. The van der Waals surface area contributed by atoms with Gasteiger partial charge in [-0.25, -0.2) is 0 Å². The summed E-state index contributed by atoms with van der Waals surface area (Å²) in [6.45, 7) is 7.79. The summed E-state index contributed by atoms with van der Waals surface area (Å²) in [6.07, 6.45) is 0.0888. The molecule has 0 radical (unpaired) electrons. The van der Waals surface area contributed by atoms with Crippen LogP contribution in [0.15, 0.2) is 35.1 Å². The maximum absolute atomic E-state index is 12.2. The number of hydrogen-bond donors (Lipinski definition) is 2. The highest BCUT2D eigenvalue weighted by molar-refractivity contribution is 5.94. The minimum Gasteiger partial charge on any atom is -0.491 e. The van der Waals surface area contributed by atoms with Crippen LogP contribution in [0.1, 0.15) is 41.0 Å². The quantitative estimate of drug-likeness (QED) is 0.891. The number of amides is 1. The molecule has 1 aromatic carbocycles. The van der Waals surface area contributed by atoms with Gasteiger partial charge < -0.3 is 15.0 Å². The first-order chi connectivity index (χ1) is 10.9. The lowest BCUT2D eigenvalue weighted by Gasteiger charge is -2.11. The molecule has 122 valence electrons. The minimum absolute atomic E-state index is 0.0888. The van der Waals surface area contributed by atoms with E-state index in [0.717, 1.165) is 17.0 Å². The molecule has 0 aliphatic rings. The second-order valence-electron chi connectivity index (χ2n) is 5.82. The molecule has 0 spiro atoms. The highest BCUT2D eigenvalue weighted by atomic mass is 16.5. The Labute approximate surface area is 135 Å². The molecule has 2 N–H and O–H groups in total. The van der Waals surface area contributed by atoms with Crippen molar-refractivity contribution in [3.8, 4) is 5.75 Å². The van der Waals surface area contributed by atoms with Crippen LogP contribution < -0.4 is 15.6 Å². The number of aryl methyl sites for hydroxylation is 2. The molecule has 2 aromatic rings. The molecule has 0 bridgehead atoms. The van der Waals surface area contributed by atoms with Crippen molar-refractivity contribution in [2.24, 2.45) is 0 Å². The van der Waals surface area contributed by atoms with Crippen LogP contribution in [0.2, 0.25) is 0 Å². The fourth-order valence-electron chi connectivity index (χ4n) is 2.33. The summed E-state index contributed by atoms with van der Waals surface area (Å²) in [7, 11) is 0. The largest absolute Gasteiger partial charge is 0.491 e. The van der Waals surface area contributed by atoms with Gasteiger partial charge in [0.15, 0.2) is 0 Å². The molecule has 0 saturated carbocycles. The van der Waals surface area contributed by atoms with Gasteiger partial charge in [0.05, 0.1) is 6.10 Å². The summed E-state index contributed by atoms with van der Waals surface area (Å²) < 4.78 is 5.54. The first kappa shape index (κ1) is 16.8. The van der Waals surface area contributed by atoms with Gasteiger partial charge in [-0.1, -0.05) is 0 Å². The third-order valence-corrected chi connectivity index (χ3v) is 3.41. The number of ether oxygens (including phenoxy) is 1. The lowest BCUT2D eigenvalue weighted by atomic mass is 10.1. The van der Waals surface area contributed by atoms with Crippen molar-refractivity contribution in [3.05, 3.63) is 63.1 Å². The van der Waals surface area contributed by atoms with Crippen LogP contribution in [-0.4, -0.2) is 17.0 Å². The van der Waals surface area contributed by atoms with E-state index in [1.54, 1.807) is 24.3 Å². The van der Waals surface area contributed by atoms with Crippen LogP contribution in [0.4, 0.5) is 0 Å². The summed E-state index contributed by atoms with van der Waals surface area (Å²) in [4.78, 5) is 26.9. The number of hydrogen-bond acceptors (Lipinski definition) is 3. The smallest absolute Gasteiger partial charge is 0.253 e. The molecule has 0 aliphatic carbocycles. The highest BCUT2D eigenvalue weighted by Crippen LogP contribution is 2.14. The molecular weight excluding hydrogens is 292 g/mol. The SMILES string of the molecule is Cc1cc(C)c(CNC(=O)c2ccc(OC(C)C)cc2)c(=O)[nH]1. The zero-order valence-corrected chi connectivity index (χ0v) is 13.9. The number of benzene rings is 1. The van der Waals surface area contributed by atoms with Crippen molar-refractivity contribution in [1.29, 1.82) is 0 Å². The number of aromatic nitrogens is 1. The van der Waals surface area contributed by atoms with Gasteiger partial charge in [0.1, 0.15) is 5.75 Å². The van der Waals surface area contributed by atoms with Crippen LogP contribution in [0.5, 0.6) is 5.75 Å². The second-order valence-corrected chi connectivity index (χ2v) is 5.82. The normalized spacial score (nSPS) is 10.7. The summed E-state index contributed by atoms with van der Waals surface area (Å²) >= 11 is 0. The maximum atomic E-state index is 12.2. The molecule has 23 heavy (non-hydrogen) atoms. The molecule has 5 heteroatoms. The van der Waals surface area contributed by atoms with Gasteiger partial charge in [0.2, 0.25) is 0 Å². The van der Waals surface area contributed by atoms with E-state index in [1.165, 1.54) is 0 Å². The molecule has 0 fully saturated rings. The second kappa shape index (κ2) is 7.13. The Balaban J connectivity index is 2.04. The Morgan fingerprint density at radius 3 is 2.43 bits per heavy atom. The lowest BCUT2D eigenvalue weighted by molar-refractivity contribution is 0.0950. The van der Waals surface area contributed by atoms with Gasteiger partial charge in [-0.05, 0) is 63.6 Å².